The van der Waals surface area contributed by atoms with Crippen LogP contribution < -0.4 is 9.47 Å². The Morgan fingerprint density at radius 1 is 0.958 bits per heavy atom. The van der Waals surface area contributed by atoms with Crippen molar-refractivity contribution in [3.63, 3.8) is 0 Å². The number of aromatic nitrogens is 1. The van der Waals surface area contributed by atoms with E-state index in [9.17, 15) is 13.2 Å². The zero-order chi connectivity index (χ0) is 17.2. The van der Waals surface area contributed by atoms with Crippen molar-refractivity contribution in [1.82, 2.24) is 4.98 Å². The number of ether oxygens (including phenoxy) is 2. The second-order valence-electron chi connectivity index (χ2n) is 5.15. The van der Waals surface area contributed by atoms with Gasteiger partial charge in [-0.2, -0.15) is 13.2 Å². The fourth-order valence-electron chi connectivity index (χ4n) is 2.34. The molecule has 0 saturated carbocycles. The zero-order valence-electron chi connectivity index (χ0n) is 12.8. The molecule has 24 heavy (non-hydrogen) atoms. The normalized spacial score (nSPS) is 11.5. The Balaban J connectivity index is 2.04. The lowest BCUT2D eigenvalue weighted by Crippen LogP contribution is -2.10. The number of halogens is 3. The average molecular weight is 333 g/mol. The molecule has 0 amide bonds. The Morgan fingerprint density at radius 3 is 2.38 bits per heavy atom. The summed E-state index contributed by atoms with van der Waals surface area (Å²) in [5, 5.41) is 0.568. The second-order valence-corrected chi connectivity index (χ2v) is 5.15. The van der Waals surface area contributed by atoms with Crippen molar-refractivity contribution in [2.24, 2.45) is 0 Å². The minimum absolute atomic E-state index is 0.000713. The van der Waals surface area contributed by atoms with Gasteiger partial charge in [0.25, 0.3) is 0 Å². The molecule has 0 unspecified atom stereocenters. The molecule has 0 spiro atoms. The van der Waals surface area contributed by atoms with Crippen LogP contribution in [0.25, 0.3) is 10.9 Å². The van der Waals surface area contributed by atoms with Gasteiger partial charge in [0.1, 0.15) is 23.8 Å². The Bertz CT molecular complexity index is 848. The fourth-order valence-corrected chi connectivity index (χ4v) is 2.34. The van der Waals surface area contributed by atoms with Crippen LogP contribution in [-0.4, -0.2) is 12.1 Å². The molecule has 0 fully saturated rings. The summed E-state index contributed by atoms with van der Waals surface area (Å²) in [6.07, 6.45) is -4.52. The monoisotopic (exact) mass is 333 g/mol. The van der Waals surface area contributed by atoms with Gasteiger partial charge in [-0.1, -0.05) is 18.2 Å². The molecule has 1 aromatic heterocycles. The third-order valence-corrected chi connectivity index (χ3v) is 3.53. The van der Waals surface area contributed by atoms with Crippen LogP contribution in [0.2, 0.25) is 0 Å². The van der Waals surface area contributed by atoms with Crippen LogP contribution in [0.3, 0.4) is 0 Å². The largest absolute Gasteiger partial charge is 0.497 e. The smallest absolute Gasteiger partial charge is 0.433 e. The predicted molar refractivity (Wildman–Crippen MR) is 84.1 cm³/mol. The predicted octanol–water partition coefficient (Wildman–Crippen LogP) is 4.84. The van der Waals surface area contributed by atoms with Gasteiger partial charge in [-0.3, -0.25) is 0 Å². The van der Waals surface area contributed by atoms with E-state index in [1.807, 2.05) is 6.07 Å². The number of methoxy groups -OCH3 is 1. The number of alkyl halides is 3. The highest BCUT2D eigenvalue weighted by Gasteiger charge is 2.33. The molecule has 3 aromatic rings. The van der Waals surface area contributed by atoms with Gasteiger partial charge in [0.15, 0.2) is 0 Å². The van der Waals surface area contributed by atoms with Gasteiger partial charge < -0.3 is 9.47 Å². The number of rotatable bonds is 4. The lowest BCUT2D eigenvalue weighted by molar-refractivity contribution is -0.141. The number of nitrogens with zero attached hydrogens (tertiary/aromatic N) is 1. The molecule has 3 nitrogen and oxygen atoms in total. The maximum atomic E-state index is 13.1. The van der Waals surface area contributed by atoms with E-state index in [4.69, 9.17) is 9.47 Å². The van der Waals surface area contributed by atoms with Crippen molar-refractivity contribution in [3.8, 4) is 11.5 Å². The first-order valence-corrected chi connectivity index (χ1v) is 7.20. The van der Waals surface area contributed by atoms with Crippen molar-refractivity contribution >= 4 is 10.9 Å². The second kappa shape index (κ2) is 6.39. The van der Waals surface area contributed by atoms with Gasteiger partial charge in [0.2, 0.25) is 0 Å². The highest BCUT2D eigenvalue weighted by molar-refractivity contribution is 5.84. The lowest BCUT2D eigenvalue weighted by Gasteiger charge is -2.13. The molecule has 0 saturated heterocycles. The quantitative estimate of drug-likeness (QED) is 0.684. The van der Waals surface area contributed by atoms with Crippen LogP contribution in [0.5, 0.6) is 11.5 Å². The maximum Gasteiger partial charge on any atom is 0.433 e. The Labute approximate surface area is 136 Å². The summed E-state index contributed by atoms with van der Waals surface area (Å²) in [5.41, 5.74) is -0.292. The fraction of sp³-hybridized carbons (Fsp3) is 0.167. The Morgan fingerprint density at radius 2 is 1.71 bits per heavy atom. The van der Waals surface area contributed by atoms with Crippen molar-refractivity contribution < 1.29 is 22.6 Å². The van der Waals surface area contributed by atoms with E-state index in [0.717, 1.165) is 6.07 Å². The summed E-state index contributed by atoms with van der Waals surface area (Å²) in [7, 11) is 1.50. The highest BCUT2D eigenvalue weighted by atomic mass is 19.4. The van der Waals surface area contributed by atoms with E-state index in [0.29, 0.717) is 22.4 Å². The number of benzene rings is 2. The van der Waals surface area contributed by atoms with Crippen molar-refractivity contribution in [2.75, 3.05) is 7.11 Å². The molecule has 0 aliphatic heterocycles. The molecule has 1 heterocycles. The first-order valence-electron chi connectivity index (χ1n) is 7.20. The van der Waals surface area contributed by atoms with Crippen molar-refractivity contribution in [3.05, 3.63) is 65.9 Å². The van der Waals surface area contributed by atoms with Gasteiger partial charge in [0.05, 0.1) is 12.6 Å². The van der Waals surface area contributed by atoms with Crippen LogP contribution in [0.4, 0.5) is 13.2 Å². The van der Waals surface area contributed by atoms with Gasteiger partial charge in [-0.05, 0) is 36.4 Å². The van der Waals surface area contributed by atoms with Gasteiger partial charge in [-0.15, -0.1) is 0 Å². The molecule has 0 radical (unpaired) electrons. The number of pyridine rings is 1. The van der Waals surface area contributed by atoms with Gasteiger partial charge in [0, 0.05) is 10.9 Å². The third-order valence-electron chi connectivity index (χ3n) is 3.53. The summed E-state index contributed by atoms with van der Waals surface area (Å²) in [6.45, 7) is -0.000713. The number of para-hydroxylation sites is 1. The molecule has 0 N–H and O–H groups in total. The molecule has 124 valence electrons. The maximum absolute atomic E-state index is 13.1. The van der Waals surface area contributed by atoms with Crippen LogP contribution in [-0.2, 0) is 12.8 Å². The molecule has 2 aromatic carbocycles. The van der Waals surface area contributed by atoms with Crippen molar-refractivity contribution in [2.45, 2.75) is 12.8 Å². The minimum atomic E-state index is -4.52. The molecule has 0 bridgehead atoms. The summed E-state index contributed by atoms with van der Waals surface area (Å²) >= 11 is 0. The van der Waals surface area contributed by atoms with Crippen LogP contribution in [0.1, 0.15) is 11.3 Å². The SMILES string of the molecule is COc1ccc2nc(C(F)(F)F)cc(COc3ccccc3)c2c1. The summed E-state index contributed by atoms with van der Waals surface area (Å²) in [6, 6.07) is 14.7. The third kappa shape index (κ3) is 3.42. The zero-order valence-corrected chi connectivity index (χ0v) is 12.8. The van der Waals surface area contributed by atoms with E-state index >= 15 is 0 Å². The van der Waals surface area contributed by atoms with Crippen LogP contribution >= 0.6 is 0 Å². The highest BCUT2D eigenvalue weighted by Crippen LogP contribution is 2.32. The standard InChI is InChI=1S/C18H14F3NO2/c1-23-14-7-8-16-15(10-14)12(9-17(22-16)18(19,20)21)11-24-13-5-3-2-4-6-13/h2-10H,11H2,1H3. The summed E-state index contributed by atoms with van der Waals surface area (Å²) in [4.78, 5) is 3.70. The van der Waals surface area contributed by atoms with Gasteiger partial charge >= 0.3 is 6.18 Å². The van der Waals surface area contributed by atoms with Gasteiger partial charge in [-0.25, -0.2) is 4.98 Å². The number of fused-ring (bicyclic) bond motifs is 1. The number of hydrogen-bond acceptors (Lipinski definition) is 3. The Kier molecular flexibility index (Phi) is 4.29. The minimum Gasteiger partial charge on any atom is -0.497 e. The molecule has 0 aliphatic rings. The first kappa shape index (κ1) is 16.1. The van der Waals surface area contributed by atoms with E-state index in [2.05, 4.69) is 4.98 Å². The summed E-state index contributed by atoms with van der Waals surface area (Å²) < 4.78 is 50.0. The lowest BCUT2D eigenvalue weighted by atomic mass is 10.1. The molecule has 0 atom stereocenters. The molecular formula is C18H14F3NO2. The summed E-state index contributed by atoms with van der Waals surface area (Å²) in [5.74, 6) is 1.13. The van der Waals surface area contributed by atoms with Crippen LogP contribution in [0.15, 0.2) is 54.6 Å². The van der Waals surface area contributed by atoms with E-state index < -0.39 is 11.9 Å². The van der Waals surface area contributed by atoms with Crippen molar-refractivity contribution in [1.29, 1.82) is 0 Å². The Hall–Kier alpha value is -2.76. The molecule has 3 rings (SSSR count). The van der Waals surface area contributed by atoms with E-state index in [1.165, 1.54) is 13.2 Å². The average Bonchev–Trinajstić information content (AvgIpc) is 2.59. The number of hydrogen-bond donors (Lipinski definition) is 0. The topological polar surface area (TPSA) is 31.4 Å². The van der Waals surface area contributed by atoms with Crippen LogP contribution in [0, 0.1) is 0 Å². The molecule has 0 aliphatic carbocycles. The van der Waals surface area contributed by atoms with E-state index in [-0.39, 0.29) is 12.1 Å². The van der Waals surface area contributed by atoms with E-state index in [1.54, 1.807) is 36.4 Å². The molecular weight excluding hydrogens is 319 g/mol. The molecule has 6 heteroatoms. The first-order chi connectivity index (χ1) is 11.5.